The molecule has 0 unspecified atom stereocenters. The van der Waals surface area contributed by atoms with E-state index in [2.05, 4.69) is 43.8 Å². The minimum absolute atomic E-state index is 0.0825. The van der Waals surface area contributed by atoms with Crippen LogP contribution in [-0.2, 0) is 14.3 Å². The number of thiocarbonyl (C=S) groups is 1. The number of carbonyl (C=O) groups excluding carboxylic acids is 2. The van der Waals surface area contributed by atoms with Crippen LogP contribution in [0.1, 0.15) is 44.9 Å². The summed E-state index contributed by atoms with van der Waals surface area (Å²) in [5.74, 6) is 0.557. The van der Waals surface area contributed by atoms with Gasteiger partial charge in [-0.1, -0.05) is 18.2 Å². The molecule has 2 aromatic rings. The fourth-order valence-electron chi connectivity index (χ4n) is 3.80. The maximum atomic E-state index is 12.7. The second-order valence-electron chi connectivity index (χ2n) is 8.60. The number of nitrogens with zero attached hydrogens (tertiary/aromatic N) is 1. The molecule has 0 radical (unpaired) electrons. The summed E-state index contributed by atoms with van der Waals surface area (Å²) in [6, 6.07) is 10.2. The molecule has 0 aliphatic carbocycles. The number of nitrogens with one attached hydrogen (secondary N) is 3. The number of amides is 1. The Kier molecular flexibility index (Phi) is 10.9. The molecule has 1 amide bonds. The number of ether oxygens (including phenoxy) is 4. The highest BCUT2D eigenvalue weighted by Gasteiger charge is 2.32. The molecule has 3 rings (SSSR count). The SMILES string of the molecule is CCOC(=O)C1=C(C)NC(=S)N[C@@H]1c1ccccc1OCC(=O)NN=Cc1cc(I)cc(OC)c1OC(C)C. The lowest BCUT2D eigenvalue weighted by atomic mass is 9.95. The first-order chi connectivity index (χ1) is 18.6. The molecule has 1 aliphatic rings. The lowest BCUT2D eigenvalue weighted by Crippen LogP contribution is -2.45. The highest BCUT2D eigenvalue weighted by molar-refractivity contribution is 14.1. The summed E-state index contributed by atoms with van der Waals surface area (Å²) >= 11 is 7.48. The number of hydrazone groups is 1. The largest absolute Gasteiger partial charge is 0.493 e. The monoisotopic (exact) mass is 666 g/mol. The Labute approximate surface area is 246 Å². The van der Waals surface area contributed by atoms with Gasteiger partial charge in [0.1, 0.15) is 5.75 Å². The van der Waals surface area contributed by atoms with Crippen molar-refractivity contribution >= 4 is 58.0 Å². The lowest BCUT2D eigenvalue weighted by molar-refractivity contribution is -0.139. The number of allylic oxidation sites excluding steroid dienone is 1. The first kappa shape index (κ1) is 30.2. The predicted octanol–water partition coefficient (Wildman–Crippen LogP) is 3.97. The van der Waals surface area contributed by atoms with Gasteiger partial charge >= 0.3 is 5.97 Å². The fraction of sp³-hybridized carbons (Fsp3) is 0.333. The number of esters is 1. The quantitative estimate of drug-likeness (QED) is 0.108. The predicted molar refractivity (Wildman–Crippen MR) is 160 cm³/mol. The van der Waals surface area contributed by atoms with Crippen LogP contribution in [0.3, 0.4) is 0 Å². The first-order valence-electron chi connectivity index (χ1n) is 12.2. The molecule has 0 bridgehead atoms. The molecular weight excluding hydrogens is 635 g/mol. The molecule has 0 spiro atoms. The van der Waals surface area contributed by atoms with Gasteiger partial charge < -0.3 is 29.6 Å². The van der Waals surface area contributed by atoms with Crippen molar-refractivity contribution in [3.8, 4) is 17.2 Å². The zero-order valence-electron chi connectivity index (χ0n) is 22.3. The van der Waals surface area contributed by atoms with E-state index in [-0.39, 0.29) is 19.3 Å². The molecular formula is C27H31IN4O6S. The van der Waals surface area contributed by atoms with Gasteiger partial charge in [-0.15, -0.1) is 0 Å². The Morgan fingerprint density at radius 2 is 1.97 bits per heavy atom. The smallest absolute Gasteiger partial charge is 0.338 e. The molecule has 208 valence electrons. The number of rotatable bonds is 11. The van der Waals surface area contributed by atoms with Crippen LogP contribution < -0.4 is 30.3 Å². The molecule has 1 atom stereocenters. The van der Waals surface area contributed by atoms with Crippen molar-refractivity contribution in [2.45, 2.75) is 39.8 Å². The van der Waals surface area contributed by atoms with E-state index in [9.17, 15) is 9.59 Å². The van der Waals surface area contributed by atoms with Crippen molar-refractivity contribution in [2.24, 2.45) is 5.10 Å². The molecule has 12 heteroatoms. The van der Waals surface area contributed by atoms with Crippen LogP contribution in [0.2, 0.25) is 0 Å². The molecule has 2 aromatic carbocycles. The maximum Gasteiger partial charge on any atom is 0.338 e. The minimum Gasteiger partial charge on any atom is -0.493 e. The third-order valence-corrected chi connectivity index (χ3v) is 6.21. The van der Waals surface area contributed by atoms with E-state index in [1.807, 2.05) is 32.0 Å². The first-order valence-corrected chi connectivity index (χ1v) is 13.7. The van der Waals surface area contributed by atoms with E-state index in [4.69, 9.17) is 31.2 Å². The Bertz CT molecular complexity index is 1300. The number of hydrogen-bond donors (Lipinski definition) is 3. The van der Waals surface area contributed by atoms with Gasteiger partial charge in [-0.25, -0.2) is 10.2 Å². The molecule has 10 nitrogen and oxygen atoms in total. The van der Waals surface area contributed by atoms with Crippen LogP contribution in [0.4, 0.5) is 0 Å². The summed E-state index contributed by atoms with van der Waals surface area (Å²) in [4.78, 5) is 25.3. The summed E-state index contributed by atoms with van der Waals surface area (Å²) in [5.41, 5.74) is 4.71. The third-order valence-electron chi connectivity index (χ3n) is 5.37. The van der Waals surface area contributed by atoms with Crippen molar-refractivity contribution in [2.75, 3.05) is 20.3 Å². The number of halogens is 1. The number of para-hydroxylation sites is 1. The Balaban J connectivity index is 1.74. The van der Waals surface area contributed by atoms with E-state index in [0.29, 0.717) is 44.8 Å². The second-order valence-corrected chi connectivity index (χ2v) is 10.3. The van der Waals surface area contributed by atoms with Gasteiger partial charge in [0.05, 0.1) is 37.7 Å². The van der Waals surface area contributed by atoms with Gasteiger partial charge in [0.25, 0.3) is 5.91 Å². The van der Waals surface area contributed by atoms with Gasteiger partial charge in [-0.2, -0.15) is 5.10 Å². The van der Waals surface area contributed by atoms with Crippen molar-refractivity contribution in [1.82, 2.24) is 16.1 Å². The zero-order chi connectivity index (χ0) is 28.5. The molecule has 1 aliphatic heterocycles. The Hall–Kier alpha value is -3.39. The van der Waals surface area contributed by atoms with E-state index < -0.39 is 17.9 Å². The highest BCUT2D eigenvalue weighted by Crippen LogP contribution is 2.34. The van der Waals surface area contributed by atoms with Crippen molar-refractivity contribution in [1.29, 1.82) is 0 Å². The van der Waals surface area contributed by atoms with Crippen molar-refractivity contribution in [3.05, 3.63) is 62.4 Å². The van der Waals surface area contributed by atoms with Crippen LogP contribution in [0.15, 0.2) is 52.8 Å². The molecule has 0 aromatic heterocycles. The van der Waals surface area contributed by atoms with E-state index >= 15 is 0 Å². The van der Waals surface area contributed by atoms with Crippen LogP contribution in [0.25, 0.3) is 0 Å². The average molecular weight is 667 g/mol. The Morgan fingerprint density at radius 1 is 1.23 bits per heavy atom. The maximum absolute atomic E-state index is 12.7. The van der Waals surface area contributed by atoms with E-state index in [0.717, 1.165) is 3.57 Å². The zero-order valence-corrected chi connectivity index (χ0v) is 25.3. The summed E-state index contributed by atoms with van der Waals surface area (Å²) in [5, 5.41) is 10.5. The number of methoxy groups -OCH3 is 1. The Morgan fingerprint density at radius 3 is 2.67 bits per heavy atom. The van der Waals surface area contributed by atoms with Gasteiger partial charge in [-0.05, 0) is 80.7 Å². The van der Waals surface area contributed by atoms with Crippen LogP contribution in [0, 0.1) is 3.57 Å². The summed E-state index contributed by atoms with van der Waals surface area (Å²) in [6.45, 7) is 7.23. The van der Waals surface area contributed by atoms with Crippen LogP contribution in [-0.4, -0.2) is 49.6 Å². The second kappa shape index (κ2) is 14.1. The molecule has 0 saturated carbocycles. The van der Waals surface area contributed by atoms with E-state index in [1.54, 1.807) is 39.2 Å². The standard InChI is InChI=1S/C27H31IN4O6S/c1-6-36-26(34)23-16(4)30-27(39)31-24(23)19-9-7-8-10-20(19)37-14-22(33)32-29-13-17-11-18(28)12-21(35-5)25(17)38-15(2)3/h7-13,15,24H,6,14H2,1-5H3,(H,32,33)(H2,30,31,39)/t24-/m1/s1. The molecule has 0 fully saturated rings. The third kappa shape index (κ3) is 8.05. The van der Waals surface area contributed by atoms with Crippen molar-refractivity contribution in [3.63, 3.8) is 0 Å². The molecule has 1 heterocycles. The van der Waals surface area contributed by atoms with Crippen molar-refractivity contribution < 1.29 is 28.5 Å². The van der Waals surface area contributed by atoms with E-state index in [1.165, 1.54) is 6.21 Å². The topological polar surface area (TPSA) is 120 Å². The van der Waals surface area contributed by atoms with Gasteiger partial charge in [0.15, 0.2) is 23.2 Å². The molecule has 0 saturated heterocycles. The number of carbonyl (C=O) groups is 2. The summed E-state index contributed by atoms with van der Waals surface area (Å²) in [6.07, 6.45) is 1.41. The van der Waals surface area contributed by atoms with Gasteiger partial charge in [0.2, 0.25) is 0 Å². The fourth-order valence-corrected chi connectivity index (χ4v) is 4.69. The minimum atomic E-state index is -0.620. The number of hydrogen-bond acceptors (Lipinski definition) is 8. The summed E-state index contributed by atoms with van der Waals surface area (Å²) in [7, 11) is 1.57. The normalized spacial score (nSPS) is 15.1. The number of benzene rings is 2. The van der Waals surface area contributed by atoms with Gasteiger partial charge in [-0.3, -0.25) is 4.79 Å². The highest BCUT2D eigenvalue weighted by atomic mass is 127. The average Bonchev–Trinajstić information content (AvgIpc) is 2.88. The lowest BCUT2D eigenvalue weighted by Gasteiger charge is -2.30. The van der Waals surface area contributed by atoms with Gasteiger partial charge in [0, 0.05) is 20.4 Å². The molecule has 3 N–H and O–H groups in total. The summed E-state index contributed by atoms with van der Waals surface area (Å²) < 4.78 is 23.4. The molecule has 39 heavy (non-hydrogen) atoms. The van der Waals surface area contributed by atoms with Crippen LogP contribution >= 0.6 is 34.8 Å². The van der Waals surface area contributed by atoms with Crippen LogP contribution in [0.5, 0.6) is 17.2 Å².